The average Bonchev–Trinajstić information content (AvgIpc) is 3.43. The molecule has 3 heterocycles. The van der Waals surface area contributed by atoms with E-state index in [0.29, 0.717) is 12.5 Å². The Hall–Kier alpha value is -1.50. The van der Waals surface area contributed by atoms with Crippen molar-refractivity contribution in [3.8, 4) is 0 Å². The van der Waals surface area contributed by atoms with E-state index in [1.54, 1.807) is 0 Å². The van der Waals surface area contributed by atoms with Crippen LogP contribution in [0.5, 0.6) is 0 Å². The minimum atomic E-state index is -2.56. The van der Waals surface area contributed by atoms with Crippen molar-refractivity contribution in [2.24, 2.45) is 5.92 Å². The number of ether oxygens (including phenoxy) is 3. The first kappa shape index (κ1) is 23.2. The fraction of sp³-hybridized carbons (Fsp3) is 0.571. The van der Waals surface area contributed by atoms with Crippen LogP contribution in [0.3, 0.4) is 0 Å². The summed E-state index contributed by atoms with van der Waals surface area (Å²) in [6.45, 7) is 10.6. The second-order valence-electron chi connectivity index (χ2n) is 11.1. The van der Waals surface area contributed by atoms with Crippen LogP contribution in [0.25, 0.3) is 0 Å². The molecule has 5 rings (SSSR count). The molecule has 0 aromatic heterocycles. The molecule has 0 bridgehead atoms. The standard InChI is InChI=1S/C28H38O4Si/c1-21-18-25-26(32-28(21)16-11-17-29-28)19-22(31-25)20-30-33(27(2,3)4,23-12-7-5-8-13-23)24-14-9-6-10-15-24/h5-10,12-15,21-22,25-26H,11,16-20H2,1-4H3/t21-,22+,25-,26-,28-/m1/s1. The largest absolute Gasteiger partial charge is 0.405 e. The molecule has 178 valence electrons. The summed E-state index contributed by atoms with van der Waals surface area (Å²) in [7, 11) is -2.56. The van der Waals surface area contributed by atoms with Gasteiger partial charge in [-0.2, -0.15) is 0 Å². The summed E-state index contributed by atoms with van der Waals surface area (Å²) in [5, 5.41) is 2.58. The van der Waals surface area contributed by atoms with Gasteiger partial charge in [-0.1, -0.05) is 88.4 Å². The third-order valence-corrected chi connectivity index (χ3v) is 12.9. The van der Waals surface area contributed by atoms with E-state index in [9.17, 15) is 0 Å². The summed E-state index contributed by atoms with van der Waals surface area (Å²) in [6, 6.07) is 21.7. The van der Waals surface area contributed by atoms with Crippen molar-refractivity contribution in [2.45, 2.75) is 82.5 Å². The van der Waals surface area contributed by atoms with Crippen LogP contribution in [0.4, 0.5) is 0 Å². The maximum atomic E-state index is 7.13. The Bertz CT molecular complexity index is 880. The first-order chi connectivity index (χ1) is 15.8. The van der Waals surface area contributed by atoms with Crippen molar-refractivity contribution >= 4 is 18.7 Å². The SMILES string of the molecule is C[C@@H]1C[C@H]2O[C@H](CO[Si](c3ccccc3)(c3ccccc3)C(C)(C)C)C[C@H]2O[C@]12CCCO2. The first-order valence-corrected chi connectivity index (χ1v) is 14.5. The smallest absolute Gasteiger partial charge is 0.261 e. The minimum absolute atomic E-state index is 0.0339. The lowest BCUT2D eigenvalue weighted by Crippen LogP contribution is -2.67. The normalized spacial score (nSPS) is 32.2. The Morgan fingerprint density at radius 1 is 0.939 bits per heavy atom. The van der Waals surface area contributed by atoms with E-state index in [2.05, 4.69) is 88.4 Å². The Labute approximate surface area is 199 Å². The molecule has 5 atom stereocenters. The van der Waals surface area contributed by atoms with Crippen LogP contribution in [0, 0.1) is 5.92 Å². The van der Waals surface area contributed by atoms with Crippen molar-refractivity contribution in [3.63, 3.8) is 0 Å². The Morgan fingerprint density at radius 2 is 1.58 bits per heavy atom. The van der Waals surface area contributed by atoms with Crippen LogP contribution in [0.15, 0.2) is 60.7 Å². The molecule has 3 saturated heterocycles. The topological polar surface area (TPSA) is 36.9 Å². The van der Waals surface area contributed by atoms with Crippen LogP contribution in [0.1, 0.15) is 53.4 Å². The monoisotopic (exact) mass is 466 g/mol. The van der Waals surface area contributed by atoms with Gasteiger partial charge in [0.25, 0.3) is 8.32 Å². The van der Waals surface area contributed by atoms with Crippen LogP contribution >= 0.6 is 0 Å². The third-order valence-electron chi connectivity index (χ3n) is 7.88. The molecule has 1 spiro atoms. The van der Waals surface area contributed by atoms with Crippen molar-refractivity contribution in [3.05, 3.63) is 60.7 Å². The van der Waals surface area contributed by atoms with Gasteiger partial charge in [0.2, 0.25) is 0 Å². The summed E-state index contributed by atoms with van der Waals surface area (Å²) in [5.74, 6) is -0.0317. The second kappa shape index (κ2) is 8.93. The zero-order valence-corrected chi connectivity index (χ0v) is 21.5. The van der Waals surface area contributed by atoms with E-state index in [1.165, 1.54) is 10.4 Å². The zero-order valence-electron chi connectivity index (χ0n) is 20.5. The van der Waals surface area contributed by atoms with Crippen molar-refractivity contribution in [1.82, 2.24) is 0 Å². The van der Waals surface area contributed by atoms with Crippen molar-refractivity contribution < 1.29 is 18.6 Å². The molecule has 5 heteroatoms. The van der Waals surface area contributed by atoms with E-state index < -0.39 is 14.1 Å². The molecule has 2 aromatic rings. The predicted octanol–water partition coefficient (Wildman–Crippen LogP) is 4.65. The molecule has 0 unspecified atom stereocenters. The van der Waals surface area contributed by atoms with Gasteiger partial charge in [-0.15, -0.1) is 0 Å². The van der Waals surface area contributed by atoms with Crippen LogP contribution in [-0.4, -0.2) is 45.6 Å². The van der Waals surface area contributed by atoms with Crippen LogP contribution < -0.4 is 10.4 Å². The van der Waals surface area contributed by atoms with Gasteiger partial charge in [-0.3, -0.25) is 0 Å². The highest BCUT2D eigenvalue weighted by Crippen LogP contribution is 2.46. The van der Waals surface area contributed by atoms with E-state index in [-0.39, 0.29) is 23.4 Å². The van der Waals surface area contributed by atoms with Gasteiger partial charge in [-0.25, -0.2) is 0 Å². The Balaban J connectivity index is 1.39. The van der Waals surface area contributed by atoms with E-state index in [0.717, 1.165) is 32.3 Å². The van der Waals surface area contributed by atoms with E-state index in [4.69, 9.17) is 18.6 Å². The fourth-order valence-corrected chi connectivity index (χ4v) is 10.8. The van der Waals surface area contributed by atoms with Crippen LogP contribution in [-0.2, 0) is 18.6 Å². The first-order valence-electron chi connectivity index (χ1n) is 12.6. The molecule has 3 aliphatic heterocycles. The molecule has 3 aliphatic rings. The summed E-state index contributed by atoms with van der Waals surface area (Å²) in [5.41, 5.74) is 0. The van der Waals surface area contributed by atoms with Crippen LogP contribution in [0.2, 0.25) is 5.04 Å². The molecule has 0 radical (unpaired) electrons. The van der Waals surface area contributed by atoms with E-state index in [1.807, 2.05) is 0 Å². The van der Waals surface area contributed by atoms with Gasteiger partial charge in [0.15, 0.2) is 5.79 Å². The highest BCUT2D eigenvalue weighted by atomic mass is 28.4. The maximum Gasteiger partial charge on any atom is 0.261 e. The summed E-state index contributed by atoms with van der Waals surface area (Å²) in [4.78, 5) is 0. The number of fused-ring (bicyclic) bond motifs is 1. The number of rotatable bonds is 5. The molecule has 4 nitrogen and oxygen atoms in total. The second-order valence-corrected chi connectivity index (χ2v) is 15.4. The molecule has 33 heavy (non-hydrogen) atoms. The zero-order chi connectivity index (χ0) is 23.1. The average molecular weight is 467 g/mol. The molecule has 3 fully saturated rings. The van der Waals surface area contributed by atoms with Gasteiger partial charge in [-0.05, 0) is 28.3 Å². The lowest BCUT2D eigenvalue weighted by molar-refractivity contribution is -0.294. The van der Waals surface area contributed by atoms with Gasteiger partial charge < -0.3 is 18.6 Å². The van der Waals surface area contributed by atoms with Crippen molar-refractivity contribution in [2.75, 3.05) is 13.2 Å². The molecule has 0 aliphatic carbocycles. The fourth-order valence-electron chi connectivity index (χ4n) is 6.24. The van der Waals surface area contributed by atoms with Gasteiger partial charge in [0.1, 0.15) is 0 Å². The Kier molecular flexibility index (Phi) is 6.29. The molecule has 0 N–H and O–H groups in total. The molecule has 0 amide bonds. The number of hydrogen-bond donors (Lipinski definition) is 0. The maximum absolute atomic E-state index is 7.13. The van der Waals surface area contributed by atoms with E-state index >= 15 is 0 Å². The number of benzene rings is 2. The molecular formula is C28H38O4Si. The molecule has 0 saturated carbocycles. The quantitative estimate of drug-likeness (QED) is 0.601. The molecule has 2 aromatic carbocycles. The van der Waals surface area contributed by atoms with Gasteiger partial charge >= 0.3 is 0 Å². The van der Waals surface area contributed by atoms with Crippen molar-refractivity contribution in [1.29, 1.82) is 0 Å². The number of hydrogen-bond acceptors (Lipinski definition) is 4. The minimum Gasteiger partial charge on any atom is -0.405 e. The predicted molar refractivity (Wildman–Crippen MR) is 133 cm³/mol. The summed E-state index contributed by atoms with van der Waals surface area (Å²) in [6.07, 6.45) is 4.25. The highest BCUT2D eigenvalue weighted by molar-refractivity contribution is 6.99. The lowest BCUT2D eigenvalue weighted by atomic mass is 9.86. The lowest BCUT2D eigenvalue weighted by Gasteiger charge is -2.43. The highest BCUT2D eigenvalue weighted by Gasteiger charge is 2.54. The van der Waals surface area contributed by atoms with Gasteiger partial charge in [0.05, 0.1) is 31.5 Å². The summed E-state index contributed by atoms with van der Waals surface area (Å²) >= 11 is 0. The third kappa shape index (κ3) is 4.12. The Morgan fingerprint density at radius 3 is 2.12 bits per heavy atom. The molecular weight excluding hydrogens is 428 g/mol. The van der Waals surface area contributed by atoms with Gasteiger partial charge in [0, 0.05) is 18.8 Å². The summed E-state index contributed by atoms with van der Waals surface area (Å²) < 4.78 is 26.4.